The van der Waals surface area contributed by atoms with Gasteiger partial charge in [0.2, 0.25) is 5.75 Å². The highest BCUT2D eigenvalue weighted by Gasteiger charge is 2.52. The summed E-state index contributed by atoms with van der Waals surface area (Å²) in [6, 6.07) is 73.5. The molecule has 0 spiro atoms. The van der Waals surface area contributed by atoms with Crippen LogP contribution >= 0.6 is 0 Å². The van der Waals surface area contributed by atoms with Crippen LogP contribution in [0.15, 0.2) is 218 Å². The molecule has 1 N–H and O–H groups in total. The predicted octanol–water partition coefficient (Wildman–Crippen LogP) is 11.3. The summed E-state index contributed by atoms with van der Waals surface area (Å²) in [7, 11) is -8.07. The maximum Gasteiger partial charge on any atom is 0.407 e. The molecule has 1 aliphatic rings. The molecule has 0 unspecified atom stereocenters. The van der Waals surface area contributed by atoms with Gasteiger partial charge in [-0.2, -0.15) is 0 Å². The molecule has 23 nitrogen and oxygen atoms in total. The van der Waals surface area contributed by atoms with Crippen LogP contribution in [-0.2, 0) is 76.7 Å². The topological polar surface area (TPSA) is 233 Å². The number of carbonyl (C=O) groups is 3. The molecule has 0 atom stereocenters. The number of rotatable bonds is 59. The lowest BCUT2D eigenvalue weighted by molar-refractivity contribution is 0.00237. The molecule has 3 amide bonds. The van der Waals surface area contributed by atoms with E-state index in [0.717, 1.165) is 0 Å². The van der Waals surface area contributed by atoms with E-state index in [1.54, 1.807) is 36.4 Å². The summed E-state index contributed by atoms with van der Waals surface area (Å²) >= 11 is 0. The summed E-state index contributed by atoms with van der Waals surface area (Å²) in [5.41, 5.74) is 1.31. The van der Waals surface area contributed by atoms with Gasteiger partial charge < -0.3 is 89.6 Å². The zero-order chi connectivity index (χ0) is 85.0. The van der Waals surface area contributed by atoms with Crippen LogP contribution in [0.5, 0.6) is 17.2 Å². The highest BCUT2D eigenvalue weighted by molar-refractivity contribution is 7.00. The highest BCUT2D eigenvalue weighted by Crippen LogP contribution is 2.42. The SMILES string of the molecule is CC(C)(C)[Si](OCCOCCOCCOCCOc1cc(COC(=O)NCCOCCOCCN2C(=O)c3ccccc3C2=O)cc(OCCOCCOCCOCCO[Si](c2ccccc2)(c2ccccc2)C(C)(C)C)c1OCCOCCOCCOCCO[Si](c1ccccc1)(c1ccccc1)C(C)(C)C)(c1ccccc1)c1ccccc1. The Bertz CT molecular complexity index is 3900. The van der Waals surface area contributed by atoms with Crippen LogP contribution in [0.25, 0.3) is 0 Å². The van der Waals surface area contributed by atoms with Crippen LogP contribution in [0.2, 0.25) is 15.1 Å². The largest absolute Gasteiger partial charge is 0.487 e. The normalized spacial score (nSPS) is 12.8. The smallest absolute Gasteiger partial charge is 0.407 e. The minimum atomic E-state index is -2.69. The third-order valence-electron chi connectivity index (χ3n) is 20.2. The molecule has 120 heavy (non-hydrogen) atoms. The van der Waals surface area contributed by atoms with E-state index in [1.165, 1.54) is 36.0 Å². The molecule has 1 aliphatic heterocycles. The van der Waals surface area contributed by atoms with Gasteiger partial charge in [0.1, 0.15) is 26.4 Å². The lowest BCUT2D eigenvalue weighted by Crippen LogP contribution is -2.66. The standard InChI is InChI=1S/C94H126N2O21Si3/c1-92(2,3)118(78-30-16-10-17-31-78,79-32-18-11-19-33-79)115-71-65-108-59-53-102-50-56-105-62-68-111-86-74-77(76-114-91(99)95-44-46-100-48-49-101-47-45-96-89(97)84-42-28-29-43-85(84)90(96)98)75-87(112-69-63-106-57-51-103-54-60-109-66-72-116-119(93(4,5)6,80-34-20-12-21-35-80)81-36-22-13-23-37-81)88(86)113-70-64-107-58-52-104-55-61-110-67-73-117-120(94(7,8)9,82-38-24-14-25-39-82)83-40-26-15-27-41-83/h10-43,74-75H,44-73,76H2,1-9H3,(H,95,99). The molecular formula is C94H126N2O21Si3. The molecule has 8 aromatic carbocycles. The molecule has 650 valence electrons. The van der Waals surface area contributed by atoms with E-state index in [-0.39, 0.29) is 113 Å². The molecule has 0 bridgehead atoms. The van der Waals surface area contributed by atoms with Gasteiger partial charge in [-0.3, -0.25) is 14.5 Å². The average molecular weight is 1700 g/mol. The monoisotopic (exact) mass is 1700 g/mol. The second-order valence-electron chi connectivity index (χ2n) is 31.5. The van der Waals surface area contributed by atoms with Gasteiger partial charge in [0, 0.05) is 6.54 Å². The van der Waals surface area contributed by atoms with Gasteiger partial charge >= 0.3 is 6.09 Å². The van der Waals surface area contributed by atoms with Gasteiger partial charge in [-0.05, 0) is 76.1 Å². The van der Waals surface area contributed by atoms with Gasteiger partial charge in [-0.15, -0.1) is 0 Å². The Labute approximate surface area is 713 Å². The van der Waals surface area contributed by atoms with Crippen LogP contribution in [0.4, 0.5) is 4.79 Å². The predicted molar refractivity (Wildman–Crippen MR) is 473 cm³/mol. The Morgan fingerprint density at radius 3 is 0.825 bits per heavy atom. The molecule has 8 aromatic rings. The molecule has 0 radical (unpaired) electrons. The summed E-state index contributed by atoms with van der Waals surface area (Å²) in [5, 5.41) is 9.59. The molecule has 0 aromatic heterocycles. The summed E-state index contributed by atoms with van der Waals surface area (Å²) in [4.78, 5) is 39.9. The second kappa shape index (κ2) is 50.9. The van der Waals surface area contributed by atoms with Gasteiger partial charge in [0.25, 0.3) is 36.8 Å². The first-order valence-corrected chi connectivity index (χ1v) is 47.6. The highest BCUT2D eigenvalue weighted by atomic mass is 28.4. The first-order valence-electron chi connectivity index (χ1n) is 41.8. The van der Waals surface area contributed by atoms with Gasteiger partial charge in [-0.1, -0.05) is 256 Å². The van der Waals surface area contributed by atoms with E-state index < -0.39 is 31.0 Å². The number of carbonyl (C=O) groups excluding carboxylic acids is 3. The fourth-order valence-corrected chi connectivity index (χ4v) is 28.3. The summed E-state index contributed by atoms with van der Waals surface area (Å²) in [6.07, 6.45) is -0.684. The number of hydrogen-bond donors (Lipinski definition) is 1. The third-order valence-corrected chi connectivity index (χ3v) is 35.4. The molecule has 0 saturated heterocycles. The van der Waals surface area contributed by atoms with Crippen LogP contribution in [-0.4, -0.2) is 246 Å². The first kappa shape index (κ1) is 95.5. The fraction of sp³-hybridized carbons (Fsp3) is 0.457. The quantitative estimate of drug-likeness (QED) is 0.0212. The zero-order valence-electron chi connectivity index (χ0n) is 71.7. The summed E-state index contributed by atoms with van der Waals surface area (Å²) < 4.78 is 111. The number of hydrogen-bond acceptors (Lipinski definition) is 21. The molecule has 26 heteroatoms. The Kier molecular flexibility index (Phi) is 40.5. The van der Waals surface area contributed by atoms with E-state index in [2.05, 4.69) is 213 Å². The van der Waals surface area contributed by atoms with Crippen molar-refractivity contribution in [3.05, 3.63) is 235 Å². The van der Waals surface area contributed by atoms with E-state index >= 15 is 0 Å². The van der Waals surface area contributed by atoms with E-state index in [9.17, 15) is 14.4 Å². The van der Waals surface area contributed by atoms with E-state index in [4.69, 9.17) is 84.3 Å². The third kappa shape index (κ3) is 28.4. The Morgan fingerprint density at radius 1 is 0.300 bits per heavy atom. The van der Waals surface area contributed by atoms with Crippen molar-refractivity contribution in [1.82, 2.24) is 10.2 Å². The lowest BCUT2D eigenvalue weighted by atomic mass is 10.1. The summed E-state index contributed by atoms with van der Waals surface area (Å²) in [5.74, 6) is 0.244. The Morgan fingerprint density at radius 2 is 0.542 bits per heavy atom. The molecular weight excluding hydrogens is 1580 g/mol. The van der Waals surface area contributed by atoms with Gasteiger partial charge in [0.05, 0.1) is 183 Å². The number of nitrogens with one attached hydrogen (secondary N) is 1. The summed E-state index contributed by atoms with van der Waals surface area (Å²) in [6.45, 7) is 28.8. The number of fused-ring (bicyclic) bond motifs is 1. The molecule has 1 heterocycles. The fourth-order valence-electron chi connectivity index (χ4n) is 14.7. The van der Waals surface area contributed by atoms with Gasteiger partial charge in [0.15, 0.2) is 11.5 Å². The van der Waals surface area contributed by atoms with Crippen molar-refractivity contribution in [2.75, 3.05) is 198 Å². The average Bonchev–Trinajstić information content (AvgIpc) is 0.987. The number of amides is 3. The van der Waals surface area contributed by atoms with Crippen LogP contribution in [0.1, 0.15) is 88.6 Å². The maximum atomic E-state index is 13.2. The maximum absolute atomic E-state index is 13.2. The molecule has 0 fully saturated rings. The van der Waals surface area contributed by atoms with Crippen LogP contribution < -0.4 is 50.6 Å². The minimum absolute atomic E-state index is 0.111. The number of imide groups is 1. The zero-order valence-corrected chi connectivity index (χ0v) is 74.7. The first-order chi connectivity index (χ1) is 58.3. The van der Waals surface area contributed by atoms with Crippen molar-refractivity contribution < 1.29 is 98.7 Å². The van der Waals surface area contributed by atoms with Crippen molar-refractivity contribution in [1.29, 1.82) is 0 Å². The van der Waals surface area contributed by atoms with Crippen molar-refractivity contribution in [2.45, 2.75) is 84.0 Å². The van der Waals surface area contributed by atoms with Crippen molar-refractivity contribution in [3.8, 4) is 17.2 Å². The van der Waals surface area contributed by atoms with Crippen molar-refractivity contribution in [3.63, 3.8) is 0 Å². The van der Waals surface area contributed by atoms with Crippen molar-refractivity contribution in [2.24, 2.45) is 0 Å². The number of alkyl carbamates (subject to hydrolysis) is 1. The lowest BCUT2D eigenvalue weighted by Gasteiger charge is -2.43. The minimum Gasteiger partial charge on any atom is -0.487 e. The van der Waals surface area contributed by atoms with Gasteiger partial charge in [-0.25, -0.2) is 4.79 Å². The second-order valence-corrected chi connectivity index (χ2v) is 44.5. The molecule has 0 saturated carbocycles. The Hall–Kier alpha value is -8.34. The van der Waals surface area contributed by atoms with Crippen molar-refractivity contribution >= 4 is 74.0 Å². The number of ether oxygens (including phenoxy) is 15. The van der Waals surface area contributed by atoms with E-state index in [1.807, 2.05) is 36.4 Å². The van der Waals surface area contributed by atoms with E-state index in [0.29, 0.717) is 153 Å². The van der Waals surface area contributed by atoms with Crippen LogP contribution in [0, 0.1) is 0 Å². The molecule has 0 aliphatic carbocycles. The number of nitrogens with zero attached hydrogens (tertiary/aromatic N) is 1. The molecule has 9 rings (SSSR count). The van der Waals surface area contributed by atoms with Crippen LogP contribution in [0.3, 0.4) is 0 Å². The Balaban J connectivity index is 0.754. The number of benzene rings is 8.